The Balaban J connectivity index is 1.71. The molecule has 0 aliphatic rings. The van der Waals surface area contributed by atoms with Crippen LogP contribution >= 0.6 is 0 Å². The summed E-state index contributed by atoms with van der Waals surface area (Å²) in [7, 11) is 2.07. The van der Waals surface area contributed by atoms with E-state index in [0.29, 0.717) is 23.0 Å². The average Bonchev–Trinajstić information content (AvgIpc) is 2.50. The summed E-state index contributed by atoms with van der Waals surface area (Å²) in [5.41, 5.74) is 0. The fourth-order valence-corrected chi connectivity index (χ4v) is 2.82. The largest absolute Gasteiger partial charge is 0.411 e. The third-order valence-corrected chi connectivity index (χ3v) is 3.94. The van der Waals surface area contributed by atoms with Gasteiger partial charge in [-0.25, -0.2) is 0 Å². The molecule has 0 unspecified atom stereocenters. The standard InChI is InChI=1S/C16H20O3Si/c1-17-12-13-18-10-5-11-19-20-16-9-4-7-14-6-2-3-8-15(14)16/h2-4,6-9H,5,10-13H2,1H3. The zero-order valence-electron chi connectivity index (χ0n) is 11.8. The Kier molecular flexibility index (Phi) is 6.73. The topological polar surface area (TPSA) is 27.7 Å². The maximum absolute atomic E-state index is 5.75. The highest BCUT2D eigenvalue weighted by Crippen LogP contribution is 2.10. The SMILES string of the molecule is COCCOCCCO[Si]c1cccc2ccccc12. The highest BCUT2D eigenvalue weighted by molar-refractivity contribution is 6.51. The van der Waals surface area contributed by atoms with Crippen LogP contribution in [0, 0.1) is 0 Å². The Hall–Kier alpha value is -1.20. The van der Waals surface area contributed by atoms with Gasteiger partial charge in [-0.15, -0.1) is 0 Å². The van der Waals surface area contributed by atoms with Gasteiger partial charge in [0, 0.05) is 20.3 Å². The van der Waals surface area contributed by atoms with Gasteiger partial charge in [0.05, 0.1) is 13.2 Å². The zero-order chi connectivity index (χ0) is 14.0. The molecule has 0 atom stereocenters. The van der Waals surface area contributed by atoms with E-state index in [1.54, 1.807) is 7.11 Å². The Morgan fingerprint density at radius 2 is 1.75 bits per heavy atom. The molecule has 0 fully saturated rings. The molecule has 4 heteroatoms. The molecule has 0 heterocycles. The molecule has 106 valence electrons. The first-order valence-electron chi connectivity index (χ1n) is 6.84. The molecule has 0 aromatic heterocycles. The fraction of sp³-hybridized carbons (Fsp3) is 0.375. The molecule has 2 aromatic carbocycles. The van der Waals surface area contributed by atoms with Gasteiger partial charge in [-0.05, 0) is 22.4 Å². The summed E-state index contributed by atoms with van der Waals surface area (Å²) < 4.78 is 16.1. The van der Waals surface area contributed by atoms with E-state index in [1.807, 2.05) is 0 Å². The predicted octanol–water partition coefficient (Wildman–Crippen LogP) is 2.15. The quantitative estimate of drug-likeness (QED) is 0.523. The van der Waals surface area contributed by atoms with E-state index in [4.69, 9.17) is 13.9 Å². The molecule has 2 rings (SSSR count). The molecule has 3 nitrogen and oxygen atoms in total. The number of ether oxygens (including phenoxy) is 2. The van der Waals surface area contributed by atoms with Crippen molar-refractivity contribution in [3.05, 3.63) is 42.5 Å². The Morgan fingerprint density at radius 1 is 0.900 bits per heavy atom. The van der Waals surface area contributed by atoms with Crippen LogP contribution in [0.25, 0.3) is 10.8 Å². The minimum atomic E-state index is 0.390. The van der Waals surface area contributed by atoms with Crippen LogP contribution in [0.4, 0.5) is 0 Å². The van der Waals surface area contributed by atoms with Gasteiger partial charge < -0.3 is 13.9 Å². The fourth-order valence-electron chi connectivity index (χ4n) is 1.92. The first kappa shape index (κ1) is 15.2. The van der Waals surface area contributed by atoms with Gasteiger partial charge in [0.2, 0.25) is 0 Å². The highest BCUT2D eigenvalue weighted by Gasteiger charge is 2.02. The molecule has 0 bridgehead atoms. The maximum atomic E-state index is 5.75. The molecular formula is C16H20O3Si. The van der Waals surface area contributed by atoms with Crippen LogP contribution in [0.15, 0.2) is 42.5 Å². The Labute approximate surface area is 122 Å². The number of hydrogen-bond donors (Lipinski definition) is 0. The summed E-state index contributed by atoms with van der Waals surface area (Å²) in [6.45, 7) is 2.76. The average molecular weight is 288 g/mol. The second-order valence-electron chi connectivity index (χ2n) is 4.44. The molecule has 0 aliphatic carbocycles. The van der Waals surface area contributed by atoms with Gasteiger partial charge in [-0.1, -0.05) is 42.5 Å². The summed E-state index contributed by atoms with van der Waals surface area (Å²) in [6.07, 6.45) is 0.918. The van der Waals surface area contributed by atoms with E-state index in [9.17, 15) is 0 Å². The van der Waals surface area contributed by atoms with Gasteiger partial charge in [0.15, 0.2) is 0 Å². The Bertz CT molecular complexity index is 511. The number of fused-ring (bicyclic) bond motifs is 1. The maximum Gasteiger partial charge on any atom is 0.269 e. The summed E-state index contributed by atoms with van der Waals surface area (Å²) in [4.78, 5) is 0. The third kappa shape index (κ3) is 4.72. The lowest BCUT2D eigenvalue weighted by molar-refractivity contribution is 0.0647. The van der Waals surface area contributed by atoms with Crippen LogP contribution in [0.3, 0.4) is 0 Å². The van der Waals surface area contributed by atoms with Crippen molar-refractivity contribution in [1.29, 1.82) is 0 Å². The van der Waals surface area contributed by atoms with E-state index in [1.165, 1.54) is 16.0 Å². The van der Waals surface area contributed by atoms with Crippen molar-refractivity contribution in [2.45, 2.75) is 6.42 Å². The number of rotatable bonds is 9. The van der Waals surface area contributed by atoms with Crippen molar-refractivity contribution in [1.82, 2.24) is 0 Å². The van der Waals surface area contributed by atoms with Gasteiger partial charge in [0.1, 0.15) is 0 Å². The molecule has 0 N–H and O–H groups in total. The number of benzene rings is 2. The molecule has 0 saturated heterocycles. The van der Waals surface area contributed by atoms with E-state index in [0.717, 1.165) is 19.6 Å². The van der Waals surface area contributed by atoms with Crippen molar-refractivity contribution in [3.63, 3.8) is 0 Å². The molecule has 2 radical (unpaired) electrons. The van der Waals surface area contributed by atoms with Gasteiger partial charge in [-0.2, -0.15) is 0 Å². The Morgan fingerprint density at radius 3 is 2.65 bits per heavy atom. The van der Waals surface area contributed by atoms with E-state index >= 15 is 0 Å². The van der Waals surface area contributed by atoms with Crippen molar-refractivity contribution in [2.24, 2.45) is 0 Å². The summed E-state index contributed by atoms with van der Waals surface area (Å²) >= 11 is 0. The molecule has 0 spiro atoms. The van der Waals surface area contributed by atoms with Crippen LogP contribution in [0.2, 0.25) is 0 Å². The van der Waals surface area contributed by atoms with E-state index < -0.39 is 0 Å². The molecule has 0 saturated carbocycles. The molecule has 2 aromatic rings. The first-order chi connectivity index (χ1) is 9.92. The van der Waals surface area contributed by atoms with Gasteiger partial charge >= 0.3 is 0 Å². The lowest BCUT2D eigenvalue weighted by Gasteiger charge is -2.07. The molecule has 0 amide bonds. The van der Waals surface area contributed by atoms with E-state index in [2.05, 4.69) is 42.5 Å². The van der Waals surface area contributed by atoms with Gasteiger partial charge in [0.25, 0.3) is 9.76 Å². The van der Waals surface area contributed by atoms with Crippen LogP contribution < -0.4 is 5.19 Å². The first-order valence-corrected chi connectivity index (χ1v) is 7.75. The number of methoxy groups -OCH3 is 1. The van der Waals surface area contributed by atoms with Crippen LogP contribution in [-0.2, 0) is 13.9 Å². The molecule has 20 heavy (non-hydrogen) atoms. The zero-order valence-corrected chi connectivity index (χ0v) is 12.8. The summed E-state index contributed by atoms with van der Waals surface area (Å²) in [6, 6.07) is 14.8. The predicted molar refractivity (Wildman–Crippen MR) is 82.6 cm³/mol. The van der Waals surface area contributed by atoms with Crippen molar-refractivity contribution < 1.29 is 13.9 Å². The lowest BCUT2D eigenvalue weighted by atomic mass is 10.1. The van der Waals surface area contributed by atoms with E-state index in [-0.39, 0.29) is 0 Å². The number of hydrogen-bond acceptors (Lipinski definition) is 3. The summed E-state index contributed by atoms with van der Waals surface area (Å²) in [5.74, 6) is 0. The normalized spacial score (nSPS) is 11.1. The third-order valence-electron chi connectivity index (χ3n) is 2.94. The molecule has 0 aliphatic heterocycles. The van der Waals surface area contributed by atoms with Crippen LogP contribution in [0.1, 0.15) is 6.42 Å². The minimum absolute atomic E-state index is 0.390. The summed E-state index contributed by atoms with van der Waals surface area (Å²) in [5, 5.41) is 3.82. The van der Waals surface area contributed by atoms with Crippen LogP contribution in [-0.4, -0.2) is 43.3 Å². The smallest absolute Gasteiger partial charge is 0.269 e. The van der Waals surface area contributed by atoms with Gasteiger partial charge in [-0.3, -0.25) is 0 Å². The van der Waals surface area contributed by atoms with Crippen molar-refractivity contribution >= 4 is 25.7 Å². The second kappa shape index (κ2) is 8.87. The lowest BCUT2D eigenvalue weighted by Crippen LogP contribution is -2.19. The van der Waals surface area contributed by atoms with Crippen molar-refractivity contribution in [3.8, 4) is 0 Å². The highest BCUT2D eigenvalue weighted by atomic mass is 28.2. The minimum Gasteiger partial charge on any atom is -0.411 e. The monoisotopic (exact) mass is 288 g/mol. The van der Waals surface area contributed by atoms with Crippen LogP contribution in [0.5, 0.6) is 0 Å². The van der Waals surface area contributed by atoms with Crippen molar-refractivity contribution in [2.75, 3.05) is 33.5 Å². The molecular weight excluding hydrogens is 268 g/mol. The second-order valence-corrected chi connectivity index (χ2v) is 5.47.